The molecule has 6 nitrogen and oxygen atoms in total. The largest absolute Gasteiger partial charge is 0.427 e. The van der Waals surface area contributed by atoms with E-state index >= 15 is 0 Å². The summed E-state index contributed by atoms with van der Waals surface area (Å²) in [5.41, 5.74) is 1.18. The number of aromatic nitrogens is 1. The number of rotatable bonds is 6. The maximum absolute atomic E-state index is 12.5. The summed E-state index contributed by atoms with van der Waals surface area (Å²) in [5, 5.41) is 9.25. The van der Waals surface area contributed by atoms with E-state index in [1.165, 1.54) is 0 Å². The quantitative estimate of drug-likeness (QED) is 0.682. The molecule has 1 saturated heterocycles. The lowest BCUT2D eigenvalue weighted by molar-refractivity contribution is 0.0948. The summed E-state index contributed by atoms with van der Waals surface area (Å²) in [5.74, 6) is 0.893. The van der Waals surface area contributed by atoms with Gasteiger partial charge in [0.05, 0.1) is 10.7 Å². The highest BCUT2D eigenvalue weighted by Crippen LogP contribution is 2.23. The number of piperidine rings is 1. The molecule has 1 fully saturated rings. The van der Waals surface area contributed by atoms with Gasteiger partial charge in [-0.25, -0.2) is 9.78 Å². The van der Waals surface area contributed by atoms with Crippen LogP contribution in [0.15, 0.2) is 20.7 Å². The van der Waals surface area contributed by atoms with Crippen molar-refractivity contribution in [3.8, 4) is 0 Å². The van der Waals surface area contributed by atoms with Crippen molar-refractivity contribution in [2.75, 3.05) is 19.6 Å². The van der Waals surface area contributed by atoms with Gasteiger partial charge in [-0.3, -0.25) is 4.79 Å². The zero-order valence-corrected chi connectivity index (χ0v) is 19.4. The predicted molar refractivity (Wildman–Crippen MR) is 121 cm³/mol. The fourth-order valence-electron chi connectivity index (χ4n) is 3.30. The minimum absolute atomic E-state index is 0. The van der Waals surface area contributed by atoms with Crippen LogP contribution in [-0.4, -0.2) is 30.5 Å². The summed E-state index contributed by atoms with van der Waals surface area (Å²) in [4.78, 5) is 29.4. The lowest BCUT2D eigenvalue weighted by Crippen LogP contribution is -2.32. The average Bonchev–Trinajstić information content (AvgIpc) is 3.11. The fraction of sp³-hybridized carbons (Fsp3) is 0.550. The topological polar surface area (TPSA) is 84.2 Å². The Morgan fingerprint density at radius 1 is 1.41 bits per heavy atom. The Bertz CT molecular complexity index is 861. The van der Waals surface area contributed by atoms with Crippen LogP contribution in [0.1, 0.15) is 70.9 Å². The van der Waals surface area contributed by atoms with Crippen LogP contribution in [0.4, 0.5) is 0 Å². The Morgan fingerprint density at radius 3 is 2.76 bits per heavy atom. The van der Waals surface area contributed by atoms with Crippen LogP contribution >= 0.6 is 36.2 Å². The van der Waals surface area contributed by atoms with Crippen LogP contribution in [0.25, 0.3) is 0 Å². The lowest BCUT2D eigenvalue weighted by Gasteiger charge is -2.22. The van der Waals surface area contributed by atoms with Gasteiger partial charge >= 0.3 is 5.63 Å². The van der Waals surface area contributed by atoms with Crippen molar-refractivity contribution in [3.05, 3.63) is 49.5 Å². The molecule has 2 aromatic heterocycles. The number of hydrogen-bond acceptors (Lipinski definition) is 6. The average molecular weight is 462 g/mol. The summed E-state index contributed by atoms with van der Waals surface area (Å²) >= 11 is 1.64. The first kappa shape index (κ1) is 25.6. The molecule has 0 spiro atoms. The van der Waals surface area contributed by atoms with E-state index < -0.39 is 5.63 Å². The highest BCUT2D eigenvalue weighted by Gasteiger charge is 2.22. The number of carbonyl (C=O) groups is 1. The normalized spacial score (nSPS) is 16.1. The maximum Gasteiger partial charge on any atom is 0.349 e. The van der Waals surface area contributed by atoms with Crippen LogP contribution in [-0.2, 0) is 6.42 Å². The van der Waals surface area contributed by atoms with Gasteiger partial charge in [-0.05, 0) is 37.9 Å². The highest BCUT2D eigenvalue weighted by molar-refractivity contribution is 7.09. The molecular weight excluding hydrogens is 433 g/mol. The van der Waals surface area contributed by atoms with Gasteiger partial charge in [0.25, 0.3) is 5.91 Å². The number of nitrogens with zero attached hydrogens (tertiary/aromatic N) is 1. The first-order valence-corrected chi connectivity index (χ1v) is 10.4. The molecule has 162 valence electrons. The van der Waals surface area contributed by atoms with Gasteiger partial charge in [0.2, 0.25) is 0 Å². The fourth-order valence-corrected chi connectivity index (χ4v) is 4.17. The van der Waals surface area contributed by atoms with Gasteiger partial charge in [-0.2, -0.15) is 0 Å². The van der Waals surface area contributed by atoms with Gasteiger partial charge < -0.3 is 15.1 Å². The number of carbonyl (C=O) groups excluding carboxylic acids is 1. The molecule has 2 aromatic rings. The molecule has 9 heteroatoms. The van der Waals surface area contributed by atoms with Gasteiger partial charge in [0.1, 0.15) is 11.3 Å². The van der Waals surface area contributed by atoms with E-state index in [0.717, 1.165) is 36.6 Å². The molecular formula is C20H29Cl2N3O3S. The van der Waals surface area contributed by atoms with Crippen LogP contribution < -0.4 is 16.3 Å². The Balaban J connectivity index is 0.00000210. The van der Waals surface area contributed by atoms with E-state index in [1.807, 2.05) is 11.4 Å². The number of hydrogen-bond donors (Lipinski definition) is 2. The summed E-state index contributed by atoms with van der Waals surface area (Å²) in [7, 11) is 0. The zero-order valence-electron chi connectivity index (χ0n) is 16.9. The highest BCUT2D eigenvalue weighted by atomic mass is 35.5. The van der Waals surface area contributed by atoms with E-state index in [0.29, 0.717) is 30.2 Å². The molecule has 0 aromatic carbocycles. The molecule has 1 unspecified atom stereocenters. The second-order valence-electron chi connectivity index (χ2n) is 7.38. The second kappa shape index (κ2) is 11.7. The first-order chi connectivity index (χ1) is 13.0. The van der Waals surface area contributed by atoms with E-state index in [2.05, 4.69) is 29.5 Å². The third kappa shape index (κ3) is 6.54. The van der Waals surface area contributed by atoms with E-state index in [4.69, 9.17) is 4.42 Å². The summed E-state index contributed by atoms with van der Waals surface area (Å²) in [6.45, 7) is 8.25. The molecule has 2 N–H and O–H groups in total. The van der Waals surface area contributed by atoms with Crippen LogP contribution in [0.2, 0.25) is 0 Å². The summed E-state index contributed by atoms with van der Waals surface area (Å²) in [6.07, 6.45) is 2.70. The van der Waals surface area contributed by atoms with Gasteiger partial charge in [0.15, 0.2) is 0 Å². The van der Waals surface area contributed by atoms with Crippen LogP contribution in [0.3, 0.4) is 0 Å². The Morgan fingerprint density at radius 2 is 2.17 bits per heavy atom. The molecule has 0 bridgehead atoms. The minimum atomic E-state index is -0.552. The van der Waals surface area contributed by atoms with Crippen molar-refractivity contribution in [3.63, 3.8) is 0 Å². The maximum atomic E-state index is 12.5. The molecule has 0 saturated carbocycles. The number of halogens is 2. The minimum Gasteiger partial charge on any atom is -0.427 e. The molecule has 1 amide bonds. The van der Waals surface area contributed by atoms with E-state index in [-0.39, 0.29) is 42.2 Å². The van der Waals surface area contributed by atoms with Crippen molar-refractivity contribution in [1.29, 1.82) is 0 Å². The van der Waals surface area contributed by atoms with Crippen molar-refractivity contribution in [2.24, 2.45) is 0 Å². The lowest BCUT2D eigenvalue weighted by atomic mass is 9.95. The number of nitrogens with one attached hydrogen (secondary N) is 2. The van der Waals surface area contributed by atoms with Crippen molar-refractivity contribution < 1.29 is 9.21 Å². The van der Waals surface area contributed by atoms with Crippen LogP contribution in [0.5, 0.6) is 0 Å². The van der Waals surface area contributed by atoms with E-state index in [1.54, 1.807) is 18.3 Å². The third-order valence-corrected chi connectivity index (χ3v) is 6.02. The number of aryl methyl sites for hydroxylation is 1. The molecule has 0 radical (unpaired) electrons. The van der Waals surface area contributed by atoms with Gasteiger partial charge in [-0.15, -0.1) is 36.2 Å². The molecule has 1 aliphatic rings. The Hall–Kier alpha value is -1.41. The predicted octanol–water partition coefficient (Wildman–Crippen LogP) is 3.81. The SMILES string of the molecule is Cc1cc(C2CCCNC2)oc(=O)c1C(=O)NCCc1csc(C(C)C)n1.Cl.Cl. The van der Waals surface area contributed by atoms with Gasteiger partial charge in [0, 0.05) is 36.7 Å². The van der Waals surface area contributed by atoms with E-state index in [9.17, 15) is 9.59 Å². The molecule has 1 aliphatic heterocycles. The van der Waals surface area contributed by atoms with Crippen LogP contribution in [0, 0.1) is 6.92 Å². The third-order valence-electron chi connectivity index (χ3n) is 4.82. The number of amides is 1. The smallest absolute Gasteiger partial charge is 0.349 e. The van der Waals surface area contributed by atoms with Gasteiger partial charge in [-0.1, -0.05) is 13.8 Å². The van der Waals surface area contributed by atoms with Crippen molar-refractivity contribution >= 4 is 42.1 Å². The monoisotopic (exact) mass is 461 g/mol. The molecule has 3 rings (SSSR count). The standard InChI is InChI=1S/C20H27N3O3S.2ClH/c1-12(2)19-23-15(11-27-19)6-8-22-18(24)17-13(3)9-16(26-20(17)25)14-5-4-7-21-10-14;;/h9,11-12,14,21H,4-8,10H2,1-3H3,(H,22,24);2*1H. The molecule has 1 atom stereocenters. The first-order valence-electron chi connectivity index (χ1n) is 9.53. The molecule has 3 heterocycles. The zero-order chi connectivity index (χ0) is 19.4. The second-order valence-corrected chi connectivity index (χ2v) is 8.26. The van der Waals surface area contributed by atoms with Crippen molar-refractivity contribution in [2.45, 2.75) is 51.9 Å². The molecule has 0 aliphatic carbocycles. The summed E-state index contributed by atoms with van der Waals surface area (Å²) in [6, 6.07) is 1.84. The Kier molecular flexibility index (Phi) is 10.3. The molecule has 29 heavy (non-hydrogen) atoms. The summed E-state index contributed by atoms with van der Waals surface area (Å²) < 4.78 is 5.48. The Labute approximate surface area is 187 Å². The number of thiazole rings is 1. The van der Waals surface area contributed by atoms with Crippen molar-refractivity contribution in [1.82, 2.24) is 15.6 Å².